The molecule has 1 aliphatic carbocycles. The van der Waals surface area contributed by atoms with Crippen molar-refractivity contribution in [3.8, 4) is 0 Å². The number of ketones is 1. The summed E-state index contributed by atoms with van der Waals surface area (Å²) in [5.41, 5.74) is 0.376. The number of nitrogens with one attached hydrogen (secondary N) is 1. The Morgan fingerprint density at radius 1 is 1.25 bits per heavy atom. The van der Waals surface area contributed by atoms with Crippen LogP contribution in [-0.2, 0) is 4.79 Å². The minimum Gasteiger partial charge on any atom is -0.303 e. The molecule has 1 fully saturated rings. The van der Waals surface area contributed by atoms with Crippen molar-refractivity contribution in [2.75, 3.05) is 0 Å². The molecular formula is C18H35NO. The van der Waals surface area contributed by atoms with E-state index in [1.165, 1.54) is 25.7 Å². The van der Waals surface area contributed by atoms with Gasteiger partial charge >= 0.3 is 0 Å². The lowest BCUT2D eigenvalue weighted by Gasteiger charge is -2.41. The molecule has 2 atom stereocenters. The van der Waals surface area contributed by atoms with E-state index in [1.54, 1.807) is 0 Å². The van der Waals surface area contributed by atoms with Crippen LogP contribution >= 0.6 is 0 Å². The summed E-state index contributed by atoms with van der Waals surface area (Å²) in [5.74, 6) is 1.15. The zero-order valence-corrected chi connectivity index (χ0v) is 14.7. The molecule has 0 aromatic rings. The fourth-order valence-corrected chi connectivity index (χ4v) is 3.46. The Kier molecular flexibility index (Phi) is 5.83. The van der Waals surface area contributed by atoms with Crippen molar-refractivity contribution in [1.82, 2.24) is 5.32 Å². The van der Waals surface area contributed by atoms with Crippen LogP contribution in [0.3, 0.4) is 0 Å². The molecule has 0 saturated heterocycles. The van der Waals surface area contributed by atoms with Crippen LogP contribution in [0.25, 0.3) is 0 Å². The van der Waals surface area contributed by atoms with Crippen LogP contribution in [0.15, 0.2) is 0 Å². The van der Waals surface area contributed by atoms with Gasteiger partial charge in [0.2, 0.25) is 0 Å². The summed E-state index contributed by atoms with van der Waals surface area (Å²) in [7, 11) is 0. The Balaban J connectivity index is 2.80. The summed E-state index contributed by atoms with van der Waals surface area (Å²) in [6.07, 6.45) is 6.25. The van der Waals surface area contributed by atoms with Gasteiger partial charge in [-0.3, -0.25) is 4.79 Å². The largest absolute Gasteiger partial charge is 0.303 e. The van der Waals surface area contributed by atoms with Gasteiger partial charge in [0.1, 0.15) is 0 Å². The van der Waals surface area contributed by atoms with E-state index in [-0.39, 0.29) is 17.5 Å². The Morgan fingerprint density at radius 3 is 2.30 bits per heavy atom. The lowest BCUT2D eigenvalue weighted by molar-refractivity contribution is -0.125. The maximum atomic E-state index is 12.5. The molecule has 0 aromatic heterocycles. The standard InChI is InChI=1S/C18H35NO/c1-13(2)16(20)15(19-17(3,4)5)12-14-10-8-9-11-18(14,6)7/h13-15,19H,8-12H2,1-7H3. The molecule has 0 aromatic carbocycles. The fraction of sp³-hybridized carbons (Fsp3) is 0.944. The summed E-state index contributed by atoms with van der Waals surface area (Å²) in [6.45, 7) is 15.3. The summed E-state index contributed by atoms with van der Waals surface area (Å²) in [5, 5.41) is 3.57. The van der Waals surface area contributed by atoms with Gasteiger partial charge in [-0.1, -0.05) is 40.5 Å². The number of carbonyl (C=O) groups excluding carboxylic acids is 1. The van der Waals surface area contributed by atoms with Crippen molar-refractivity contribution in [3.05, 3.63) is 0 Å². The molecular weight excluding hydrogens is 246 g/mol. The third-order valence-corrected chi connectivity index (χ3v) is 4.77. The normalized spacial score (nSPS) is 24.7. The van der Waals surface area contributed by atoms with Crippen LogP contribution in [0.1, 0.15) is 80.6 Å². The minimum atomic E-state index is -0.00593. The fourth-order valence-electron chi connectivity index (χ4n) is 3.46. The molecule has 20 heavy (non-hydrogen) atoms. The van der Waals surface area contributed by atoms with Crippen molar-refractivity contribution >= 4 is 5.78 Å². The first-order valence-electron chi connectivity index (χ1n) is 8.34. The van der Waals surface area contributed by atoms with E-state index in [0.717, 1.165) is 6.42 Å². The molecule has 0 amide bonds. The first-order chi connectivity index (χ1) is 9.03. The van der Waals surface area contributed by atoms with Crippen LogP contribution in [0.2, 0.25) is 0 Å². The summed E-state index contributed by atoms with van der Waals surface area (Å²) in [6, 6.07) is 0.0115. The van der Waals surface area contributed by atoms with Gasteiger partial charge in [0.05, 0.1) is 6.04 Å². The molecule has 1 aliphatic rings. The predicted molar refractivity (Wildman–Crippen MR) is 86.9 cm³/mol. The highest BCUT2D eigenvalue weighted by atomic mass is 16.1. The number of hydrogen-bond donors (Lipinski definition) is 1. The van der Waals surface area contributed by atoms with Crippen molar-refractivity contribution in [2.45, 2.75) is 92.2 Å². The molecule has 0 aliphatic heterocycles. The highest BCUT2D eigenvalue weighted by Gasteiger charge is 2.36. The van der Waals surface area contributed by atoms with Crippen molar-refractivity contribution in [3.63, 3.8) is 0 Å². The molecule has 1 N–H and O–H groups in total. The lowest BCUT2D eigenvalue weighted by atomic mass is 9.66. The molecule has 2 nitrogen and oxygen atoms in total. The monoisotopic (exact) mass is 281 g/mol. The number of carbonyl (C=O) groups is 1. The topological polar surface area (TPSA) is 29.1 Å². The molecule has 0 radical (unpaired) electrons. The third-order valence-electron chi connectivity index (χ3n) is 4.77. The zero-order chi connectivity index (χ0) is 15.6. The smallest absolute Gasteiger partial charge is 0.152 e. The highest BCUT2D eigenvalue weighted by molar-refractivity contribution is 5.85. The molecule has 2 unspecified atom stereocenters. The summed E-state index contributed by atoms with van der Waals surface area (Å²) < 4.78 is 0. The van der Waals surface area contributed by atoms with E-state index < -0.39 is 0 Å². The van der Waals surface area contributed by atoms with E-state index in [1.807, 2.05) is 13.8 Å². The molecule has 1 rings (SSSR count). The van der Waals surface area contributed by atoms with Crippen molar-refractivity contribution < 1.29 is 4.79 Å². The maximum Gasteiger partial charge on any atom is 0.152 e. The van der Waals surface area contributed by atoms with Gasteiger partial charge in [-0.05, 0) is 51.4 Å². The maximum absolute atomic E-state index is 12.5. The first kappa shape index (κ1) is 17.7. The minimum absolute atomic E-state index is 0.00593. The van der Waals surface area contributed by atoms with E-state index in [9.17, 15) is 4.79 Å². The lowest BCUT2D eigenvalue weighted by Crippen LogP contribution is -2.50. The van der Waals surface area contributed by atoms with Gasteiger partial charge in [0.25, 0.3) is 0 Å². The van der Waals surface area contributed by atoms with Crippen LogP contribution in [0, 0.1) is 17.3 Å². The Hall–Kier alpha value is -0.370. The first-order valence-corrected chi connectivity index (χ1v) is 8.34. The van der Waals surface area contributed by atoms with E-state index in [2.05, 4.69) is 39.9 Å². The van der Waals surface area contributed by atoms with Crippen LogP contribution in [-0.4, -0.2) is 17.4 Å². The van der Waals surface area contributed by atoms with Gasteiger partial charge in [0.15, 0.2) is 5.78 Å². The van der Waals surface area contributed by atoms with E-state index in [4.69, 9.17) is 0 Å². The second-order valence-corrected chi connectivity index (χ2v) is 8.67. The highest BCUT2D eigenvalue weighted by Crippen LogP contribution is 2.43. The second-order valence-electron chi connectivity index (χ2n) is 8.67. The van der Waals surface area contributed by atoms with E-state index >= 15 is 0 Å². The number of Topliss-reactive ketones (excluding diaryl/α,β-unsaturated/α-hetero) is 1. The summed E-state index contributed by atoms with van der Waals surface area (Å²) >= 11 is 0. The van der Waals surface area contributed by atoms with Gasteiger partial charge < -0.3 is 5.32 Å². The SMILES string of the molecule is CC(C)C(=O)C(CC1CCCCC1(C)C)NC(C)(C)C. The Morgan fingerprint density at radius 2 is 1.85 bits per heavy atom. The quantitative estimate of drug-likeness (QED) is 0.799. The van der Waals surface area contributed by atoms with Gasteiger partial charge in [0, 0.05) is 11.5 Å². The summed E-state index contributed by atoms with van der Waals surface area (Å²) in [4.78, 5) is 12.5. The molecule has 118 valence electrons. The van der Waals surface area contributed by atoms with Crippen LogP contribution < -0.4 is 5.32 Å². The van der Waals surface area contributed by atoms with E-state index in [0.29, 0.717) is 17.1 Å². The number of hydrogen-bond acceptors (Lipinski definition) is 2. The average molecular weight is 281 g/mol. The van der Waals surface area contributed by atoms with Crippen molar-refractivity contribution in [1.29, 1.82) is 0 Å². The van der Waals surface area contributed by atoms with Gasteiger partial charge in [-0.15, -0.1) is 0 Å². The molecule has 1 saturated carbocycles. The third kappa shape index (κ3) is 5.20. The van der Waals surface area contributed by atoms with Crippen LogP contribution in [0.5, 0.6) is 0 Å². The Labute approximate surface area is 126 Å². The second kappa shape index (κ2) is 6.60. The predicted octanol–water partition coefficient (Wildman–Crippen LogP) is 4.57. The van der Waals surface area contributed by atoms with Crippen LogP contribution in [0.4, 0.5) is 0 Å². The zero-order valence-electron chi connectivity index (χ0n) is 14.7. The molecule has 0 bridgehead atoms. The average Bonchev–Trinajstić information content (AvgIpc) is 2.27. The van der Waals surface area contributed by atoms with Crippen molar-refractivity contribution in [2.24, 2.45) is 17.3 Å². The molecule has 0 heterocycles. The number of rotatable bonds is 5. The molecule has 0 spiro atoms. The van der Waals surface area contributed by atoms with Gasteiger partial charge in [-0.2, -0.15) is 0 Å². The van der Waals surface area contributed by atoms with Gasteiger partial charge in [-0.25, -0.2) is 0 Å². The molecule has 2 heteroatoms. The Bertz CT molecular complexity index is 325.